The molecule has 1 N–H and O–H groups in total. The van der Waals surface area contributed by atoms with Gasteiger partial charge in [-0.25, -0.2) is 9.37 Å². The van der Waals surface area contributed by atoms with Crippen LogP contribution in [0.25, 0.3) is 0 Å². The molecule has 3 aromatic rings. The van der Waals surface area contributed by atoms with Crippen molar-refractivity contribution in [1.29, 1.82) is 0 Å². The largest absolute Gasteiger partial charge is 0.368 e. The zero-order chi connectivity index (χ0) is 19.5. The summed E-state index contributed by atoms with van der Waals surface area (Å²) in [6, 6.07) is 14.9. The number of halogens is 2. The van der Waals surface area contributed by atoms with Crippen LogP contribution in [0.4, 0.5) is 27.5 Å². The van der Waals surface area contributed by atoms with Crippen molar-refractivity contribution in [2.24, 2.45) is 0 Å². The van der Waals surface area contributed by atoms with Gasteiger partial charge in [0.15, 0.2) is 0 Å². The van der Waals surface area contributed by atoms with Gasteiger partial charge >= 0.3 is 0 Å². The lowest BCUT2D eigenvalue weighted by atomic mass is 10.2. The zero-order valence-electron chi connectivity index (χ0n) is 15.6. The summed E-state index contributed by atoms with van der Waals surface area (Å²) in [6.45, 7) is 5.75. The quantitative estimate of drug-likeness (QED) is 0.694. The van der Waals surface area contributed by atoms with Gasteiger partial charge in [0.25, 0.3) is 0 Å². The second kappa shape index (κ2) is 8.02. The first-order chi connectivity index (χ1) is 13.6. The minimum atomic E-state index is -0.451. The van der Waals surface area contributed by atoms with Crippen molar-refractivity contribution >= 4 is 34.7 Å². The molecule has 4 rings (SSSR count). The minimum Gasteiger partial charge on any atom is -0.368 e. The van der Waals surface area contributed by atoms with Crippen molar-refractivity contribution in [3.05, 3.63) is 71.1 Å². The molecule has 1 aromatic heterocycles. The molecule has 0 unspecified atom stereocenters. The second-order valence-corrected chi connectivity index (χ2v) is 7.21. The highest BCUT2D eigenvalue weighted by atomic mass is 35.5. The maximum absolute atomic E-state index is 13.3. The molecule has 0 saturated carbocycles. The van der Waals surface area contributed by atoms with Crippen LogP contribution in [0, 0.1) is 12.7 Å². The Hall–Kier alpha value is -2.86. The van der Waals surface area contributed by atoms with E-state index in [1.54, 1.807) is 12.3 Å². The Bertz CT molecular complexity index is 973. The summed E-state index contributed by atoms with van der Waals surface area (Å²) in [4.78, 5) is 13.5. The molecule has 1 fully saturated rings. The van der Waals surface area contributed by atoms with Crippen LogP contribution in [0.1, 0.15) is 5.56 Å². The number of anilines is 4. The van der Waals surface area contributed by atoms with Gasteiger partial charge in [0.2, 0.25) is 5.95 Å². The molecule has 1 saturated heterocycles. The Morgan fingerprint density at radius 2 is 1.79 bits per heavy atom. The molecule has 28 heavy (non-hydrogen) atoms. The van der Waals surface area contributed by atoms with Crippen LogP contribution < -0.4 is 15.1 Å². The number of benzene rings is 2. The van der Waals surface area contributed by atoms with Crippen LogP contribution in [0.3, 0.4) is 0 Å². The van der Waals surface area contributed by atoms with Crippen molar-refractivity contribution < 1.29 is 4.39 Å². The van der Waals surface area contributed by atoms with Gasteiger partial charge in [-0.15, -0.1) is 0 Å². The van der Waals surface area contributed by atoms with E-state index in [9.17, 15) is 4.39 Å². The van der Waals surface area contributed by atoms with E-state index in [-0.39, 0.29) is 5.02 Å². The minimum absolute atomic E-state index is 0.0634. The lowest BCUT2D eigenvalue weighted by Gasteiger charge is -2.36. The summed E-state index contributed by atoms with van der Waals surface area (Å²) in [5, 5.41) is 3.15. The van der Waals surface area contributed by atoms with E-state index in [0.29, 0.717) is 11.6 Å². The van der Waals surface area contributed by atoms with Crippen molar-refractivity contribution in [1.82, 2.24) is 9.97 Å². The Morgan fingerprint density at radius 1 is 1.00 bits per heavy atom. The molecular weight excluding hydrogens is 377 g/mol. The third-order valence-corrected chi connectivity index (χ3v) is 5.08. The van der Waals surface area contributed by atoms with Gasteiger partial charge in [-0.2, -0.15) is 4.98 Å². The number of aryl methyl sites for hydroxylation is 1. The average molecular weight is 398 g/mol. The molecule has 2 heterocycles. The molecular formula is C21H21ClFN5. The number of aromatic nitrogens is 2. The number of rotatable bonds is 4. The van der Waals surface area contributed by atoms with Crippen molar-refractivity contribution in [3.63, 3.8) is 0 Å². The monoisotopic (exact) mass is 397 g/mol. The lowest BCUT2D eigenvalue weighted by Crippen LogP contribution is -2.46. The molecule has 0 aliphatic carbocycles. The van der Waals surface area contributed by atoms with Gasteiger partial charge in [-0.3, -0.25) is 0 Å². The maximum Gasteiger partial charge on any atom is 0.229 e. The van der Waals surface area contributed by atoms with Crippen LogP contribution in [-0.4, -0.2) is 36.1 Å². The van der Waals surface area contributed by atoms with E-state index in [1.807, 2.05) is 6.07 Å². The second-order valence-electron chi connectivity index (χ2n) is 6.81. The number of nitrogens with zero attached hydrogens (tertiary/aromatic N) is 4. The Labute approximate surface area is 168 Å². The lowest BCUT2D eigenvalue weighted by molar-refractivity contribution is 0.628. The molecule has 0 amide bonds. The van der Waals surface area contributed by atoms with Crippen molar-refractivity contribution in [3.8, 4) is 0 Å². The highest BCUT2D eigenvalue weighted by Gasteiger charge is 2.19. The molecule has 5 nitrogen and oxygen atoms in total. The van der Waals surface area contributed by atoms with Crippen LogP contribution in [-0.2, 0) is 0 Å². The topological polar surface area (TPSA) is 44.3 Å². The van der Waals surface area contributed by atoms with Gasteiger partial charge in [0, 0.05) is 43.8 Å². The van der Waals surface area contributed by atoms with Crippen molar-refractivity contribution in [2.45, 2.75) is 6.92 Å². The number of hydrogen-bond donors (Lipinski definition) is 1. The zero-order valence-corrected chi connectivity index (χ0v) is 16.3. The molecule has 0 atom stereocenters. The van der Waals surface area contributed by atoms with E-state index in [4.69, 9.17) is 11.6 Å². The number of nitrogens with one attached hydrogen (secondary N) is 1. The fourth-order valence-electron chi connectivity index (χ4n) is 3.31. The van der Waals surface area contributed by atoms with Crippen LogP contribution in [0.15, 0.2) is 54.7 Å². The molecule has 1 aliphatic rings. The summed E-state index contributed by atoms with van der Waals surface area (Å²) < 4.78 is 13.3. The molecule has 1 aliphatic heterocycles. The predicted octanol–water partition coefficient (Wildman–Crippen LogP) is 4.65. The predicted molar refractivity (Wildman–Crippen MR) is 112 cm³/mol. The number of piperazine rings is 1. The molecule has 0 spiro atoms. The summed E-state index contributed by atoms with van der Waals surface area (Å²) in [7, 11) is 0. The van der Waals surface area contributed by atoms with E-state index >= 15 is 0 Å². The van der Waals surface area contributed by atoms with Crippen LogP contribution >= 0.6 is 11.6 Å². The van der Waals surface area contributed by atoms with Crippen LogP contribution in [0.5, 0.6) is 0 Å². The van der Waals surface area contributed by atoms with E-state index in [0.717, 1.165) is 32.0 Å². The molecule has 0 radical (unpaired) electrons. The van der Waals surface area contributed by atoms with E-state index in [2.05, 4.69) is 56.3 Å². The Kier molecular flexibility index (Phi) is 5.30. The maximum atomic E-state index is 13.3. The molecule has 144 valence electrons. The van der Waals surface area contributed by atoms with Gasteiger partial charge in [0.05, 0.1) is 5.02 Å². The van der Waals surface area contributed by atoms with Crippen molar-refractivity contribution in [2.75, 3.05) is 41.3 Å². The summed E-state index contributed by atoms with van der Waals surface area (Å²) in [5.74, 6) is 0.879. The van der Waals surface area contributed by atoms with E-state index < -0.39 is 5.82 Å². The first-order valence-electron chi connectivity index (χ1n) is 9.20. The fraction of sp³-hybridized carbons (Fsp3) is 0.238. The first-order valence-corrected chi connectivity index (χ1v) is 9.58. The summed E-state index contributed by atoms with van der Waals surface area (Å²) in [6.07, 6.45) is 1.72. The van der Waals surface area contributed by atoms with E-state index in [1.165, 1.54) is 23.4 Å². The van der Waals surface area contributed by atoms with Gasteiger partial charge < -0.3 is 15.1 Å². The van der Waals surface area contributed by atoms with Gasteiger partial charge in [0.1, 0.15) is 11.6 Å². The SMILES string of the molecule is Cc1cccc(N2CCN(c3ccnc(Nc4ccc(F)c(Cl)c4)n3)CC2)c1. The standard InChI is InChI=1S/C21H21ClFN5/c1-15-3-2-4-17(13-15)27-9-11-28(12-10-27)20-7-8-24-21(26-20)25-16-5-6-19(23)18(22)14-16/h2-8,13-14H,9-12H2,1H3,(H,24,25,26). The first kappa shape index (κ1) is 18.5. The van der Waals surface area contributed by atoms with Crippen LogP contribution in [0.2, 0.25) is 5.02 Å². The Balaban J connectivity index is 1.43. The highest BCUT2D eigenvalue weighted by Crippen LogP contribution is 2.23. The Morgan fingerprint density at radius 3 is 2.54 bits per heavy atom. The highest BCUT2D eigenvalue weighted by molar-refractivity contribution is 6.31. The third-order valence-electron chi connectivity index (χ3n) is 4.79. The molecule has 0 bridgehead atoms. The molecule has 2 aromatic carbocycles. The summed E-state index contributed by atoms with van der Waals surface area (Å²) in [5.41, 5.74) is 3.18. The fourth-order valence-corrected chi connectivity index (χ4v) is 3.49. The average Bonchev–Trinajstić information content (AvgIpc) is 2.71. The van der Waals surface area contributed by atoms with Gasteiger partial charge in [-0.05, 0) is 48.9 Å². The third kappa shape index (κ3) is 4.17. The smallest absolute Gasteiger partial charge is 0.229 e. The summed E-state index contributed by atoms with van der Waals surface area (Å²) >= 11 is 5.84. The van der Waals surface area contributed by atoms with Gasteiger partial charge in [-0.1, -0.05) is 23.7 Å². The molecule has 7 heteroatoms. The normalized spacial score (nSPS) is 14.2. The number of hydrogen-bond acceptors (Lipinski definition) is 5.